The fourth-order valence-corrected chi connectivity index (χ4v) is 3.51. The molecule has 1 N–H and O–H groups in total. The zero-order valence-corrected chi connectivity index (χ0v) is 14.5. The third-order valence-electron chi connectivity index (χ3n) is 4.81. The fourth-order valence-electron chi connectivity index (χ4n) is 3.51. The minimum absolute atomic E-state index is 0.0248. The first kappa shape index (κ1) is 16.9. The molecular formula is C17H22N6O3. The lowest BCUT2D eigenvalue weighted by Gasteiger charge is -2.27. The number of nitrogens with zero attached hydrogens (tertiary/aromatic N) is 5. The molecule has 9 nitrogen and oxygen atoms in total. The van der Waals surface area contributed by atoms with E-state index in [-0.39, 0.29) is 24.6 Å². The molecule has 1 amide bonds. The van der Waals surface area contributed by atoms with E-state index in [0.29, 0.717) is 19.0 Å². The zero-order valence-electron chi connectivity index (χ0n) is 14.5. The van der Waals surface area contributed by atoms with Crippen LogP contribution >= 0.6 is 0 Å². The summed E-state index contributed by atoms with van der Waals surface area (Å²) < 4.78 is 12.7. The van der Waals surface area contributed by atoms with Crippen LogP contribution < -0.4 is 10.1 Å². The molecule has 2 aliphatic heterocycles. The fraction of sp³-hybridized carbons (Fsp3) is 0.529. The highest BCUT2D eigenvalue weighted by molar-refractivity contribution is 5.78. The molecule has 1 aromatic heterocycles. The van der Waals surface area contributed by atoms with Gasteiger partial charge < -0.3 is 14.8 Å². The molecule has 2 atom stereocenters. The second kappa shape index (κ2) is 7.79. The summed E-state index contributed by atoms with van der Waals surface area (Å²) in [4.78, 5) is 14.7. The Morgan fingerprint density at radius 3 is 3.00 bits per heavy atom. The number of carbonyl (C=O) groups is 1. The van der Waals surface area contributed by atoms with Crippen molar-refractivity contribution in [2.24, 2.45) is 0 Å². The van der Waals surface area contributed by atoms with Gasteiger partial charge in [0.05, 0.1) is 31.0 Å². The van der Waals surface area contributed by atoms with E-state index in [2.05, 4.69) is 25.7 Å². The topological polar surface area (TPSA) is 94.4 Å². The molecule has 0 bridgehead atoms. The van der Waals surface area contributed by atoms with Crippen LogP contribution in [0.3, 0.4) is 0 Å². The van der Waals surface area contributed by atoms with Gasteiger partial charge >= 0.3 is 0 Å². The average Bonchev–Trinajstić information content (AvgIpc) is 3.41. The molecule has 26 heavy (non-hydrogen) atoms. The first-order chi connectivity index (χ1) is 12.8. The molecule has 1 aromatic carbocycles. The van der Waals surface area contributed by atoms with Crippen molar-refractivity contribution in [3.63, 3.8) is 0 Å². The Bertz CT molecular complexity index is 732. The SMILES string of the molecule is O=C(COc1cccc(-n2cnnn2)c1)N[C@@H]1COC[C@H]1N1CCCC1. The molecule has 2 saturated heterocycles. The molecular weight excluding hydrogens is 336 g/mol. The molecule has 4 rings (SSSR count). The zero-order chi connectivity index (χ0) is 17.8. The molecule has 2 aliphatic rings. The van der Waals surface area contributed by atoms with Gasteiger partial charge in [-0.1, -0.05) is 6.07 Å². The lowest BCUT2D eigenvalue weighted by atomic mass is 10.1. The highest BCUT2D eigenvalue weighted by Gasteiger charge is 2.35. The van der Waals surface area contributed by atoms with E-state index in [4.69, 9.17) is 9.47 Å². The van der Waals surface area contributed by atoms with Crippen LogP contribution in [-0.2, 0) is 9.53 Å². The molecule has 0 radical (unpaired) electrons. The Labute approximate surface area is 151 Å². The van der Waals surface area contributed by atoms with Gasteiger partial charge in [0, 0.05) is 6.07 Å². The van der Waals surface area contributed by atoms with Crippen LogP contribution in [0.4, 0.5) is 0 Å². The minimum Gasteiger partial charge on any atom is -0.484 e. The van der Waals surface area contributed by atoms with E-state index >= 15 is 0 Å². The molecule has 0 aliphatic carbocycles. The number of carbonyl (C=O) groups excluding carboxylic acids is 1. The number of hydrogen-bond acceptors (Lipinski definition) is 7. The second-order valence-corrected chi connectivity index (χ2v) is 6.56. The standard InChI is InChI=1S/C17H22N6O3/c24-17(19-15-9-25-10-16(15)22-6-1-2-7-22)11-26-14-5-3-4-13(8-14)23-12-18-20-21-23/h3-5,8,12,15-16H,1-2,6-7,9-11H2,(H,19,24)/t15-,16-/m1/s1. The highest BCUT2D eigenvalue weighted by Crippen LogP contribution is 2.19. The number of ether oxygens (including phenoxy) is 2. The van der Waals surface area contributed by atoms with E-state index in [1.165, 1.54) is 23.9 Å². The summed E-state index contributed by atoms with van der Waals surface area (Å²) in [6, 6.07) is 7.57. The van der Waals surface area contributed by atoms with Crippen molar-refractivity contribution in [3.05, 3.63) is 30.6 Å². The lowest BCUT2D eigenvalue weighted by Crippen LogP contribution is -2.51. The van der Waals surface area contributed by atoms with Crippen molar-refractivity contribution in [2.75, 3.05) is 32.9 Å². The Hall–Kier alpha value is -2.52. The van der Waals surface area contributed by atoms with Crippen LogP contribution in [0, 0.1) is 0 Å². The second-order valence-electron chi connectivity index (χ2n) is 6.56. The molecule has 2 fully saturated rings. The number of amides is 1. The number of aromatic nitrogens is 4. The molecule has 0 unspecified atom stereocenters. The number of hydrogen-bond donors (Lipinski definition) is 1. The van der Waals surface area contributed by atoms with Crippen LogP contribution in [0.25, 0.3) is 5.69 Å². The average molecular weight is 358 g/mol. The summed E-state index contributed by atoms with van der Waals surface area (Å²) in [7, 11) is 0. The van der Waals surface area contributed by atoms with Gasteiger partial charge in [0.1, 0.15) is 12.1 Å². The smallest absolute Gasteiger partial charge is 0.258 e. The van der Waals surface area contributed by atoms with Gasteiger partial charge in [0.2, 0.25) is 0 Å². The van der Waals surface area contributed by atoms with E-state index in [0.717, 1.165) is 18.8 Å². The van der Waals surface area contributed by atoms with E-state index in [9.17, 15) is 4.79 Å². The van der Waals surface area contributed by atoms with Crippen molar-refractivity contribution >= 4 is 5.91 Å². The van der Waals surface area contributed by atoms with E-state index in [1.54, 1.807) is 12.1 Å². The van der Waals surface area contributed by atoms with Gasteiger partial charge in [0.15, 0.2) is 6.61 Å². The first-order valence-corrected chi connectivity index (χ1v) is 8.87. The van der Waals surface area contributed by atoms with Crippen LogP contribution in [0.15, 0.2) is 30.6 Å². The Morgan fingerprint density at radius 2 is 2.19 bits per heavy atom. The Balaban J connectivity index is 1.30. The number of tetrazole rings is 1. The van der Waals surface area contributed by atoms with E-state index in [1.807, 2.05) is 12.1 Å². The third kappa shape index (κ3) is 3.83. The maximum atomic E-state index is 12.3. The van der Waals surface area contributed by atoms with Crippen LogP contribution in [0.5, 0.6) is 5.75 Å². The molecule has 9 heteroatoms. The number of nitrogens with one attached hydrogen (secondary N) is 1. The first-order valence-electron chi connectivity index (χ1n) is 8.87. The van der Waals surface area contributed by atoms with Gasteiger partial charge in [0.25, 0.3) is 5.91 Å². The summed E-state index contributed by atoms with van der Waals surface area (Å²) in [5.74, 6) is 0.449. The largest absolute Gasteiger partial charge is 0.484 e. The van der Waals surface area contributed by atoms with Crippen molar-refractivity contribution in [3.8, 4) is 11.4 Å². The summed E-state index contributed by atoms with van der Waals surface area (Å²) in [5, 5.41) is 14.1. The quantitative estimate of drug-likeness (QED) is 0.778. The van der Waals surface area contributed by atoms with E-state index < -0.39 is 0 Å². The molecule has 0 spiro atoms. The summed E-state index contributed by atoms with van der Waals surface area (Å²) in [6.07, 6.45) is 3.94. The third-order valence-corrected chi connectivity index (χ3v) is 4.81. The predicted molar refractivity (Wildman–Crippen MR) is 92.0 cm³/mol. The summed E-state index contributed by atoms with van der Waals surface area (Å²) in [6.45, 7) is 3.37. The van der Waals surface area contributed by atoms with Gasteiger partial charge in [-0.25, -0.2) is 4.68 Å². The number of likely N-dealkylation sites (tertiary alicyclic amines) is 1. The molecule has 138 valence electrons. The van der Waals surface area contributed by atoms with Crippen molar-refractivity contribution in [1.29, 1.82) is 0 Å². The van der Waals surface area contributed by atoms with Crippen molar-refractivity contribution in [2.45, 2.75) is 24.9 Å². The maximum Gasteiger partial charge on any atom is 0.258 e. The van der Waals surface area contributed by atoms with Crippen LogP contribution in [0.1, 0.15) is 12.8 Å². The maximum absolute atomic E-state index is 12.3. The predicted octanol–water partition coefficient (Wildman–Crippen LogP) is 0.0205. The normalized spacial score (nSPS) is 23.2. The van der Waals surface area contributed by atoms with Crippen molar-refractivity contribution in [1.82, 2.24) is 30.4 Å². The molecule has 3 heterocycles. The van der Waals surface area contributed by atoms with Gasteiger partial charge in [-0.2, -0.15) is 0 Å². The summed E-state index contributed by atoms with van der Waals surface area (Å²) >= 11 is 0. The monoisotopic (exact) mass is 358 g/mol. The van der Waals surface area contributed by atoms with Gasteiger partial charge in [-0.15, -0.1) is 5.10 Å². The van der Waals surface area contributed by atoms with Crippen LogP contribution in [-0.4, -0.2) is 76.0 Å². The summed E-state index contributed by atoms with van der Waals surface area (Å²) in [5.41, 5.74) is 0.770. The minimum atomic E-state index is -0.141. The Morgan fingerprint density at radius 1 is 1.31 bits per heavy atom. The van der Waals surface area contributed by atoms with Crippen LogP contribution in [0.2, 0.25) is 0 Å². The lowest BCUT2D eigenvalue weighted by molar-refractivity contribution is -0.124. The van der Waals surface area contributed by atoms with Gasteiger partial charge in [-0.05, 0) is 48.5 Å². The Kier molecular flexibility index (Phi) is 5.07. The number of benzene rings is 1. The van der Waals surface area contributed by atoms with Crippen molar-refractivity contribution < 1.29 is 14.3 Å². The molecule has 2 aromatic rings. The molecule has 0 saturated carbocycles. The highest BCUT2D eigenvalue weighted by atomic mass is 16.5. The van der Waals surface area contributed by atoms with Gasteiger partial charge in [-0.3, -0.25) is 9.69 Å². The number of rotatable bonds is 6.